The van der Waals surface area contributed by atoms with E-state index in [1.54, 1.807) is 12.1 Å². The Morgan fingerprint density at radius 3 is 2.79 bits per heavy atom. The molecule has 2 aromatic rings. The summed E-state index contributed by atoms with van der Waals surface area (Å²) < 4.78 is 13.6. The lowest BCUT2D eigenvalue weighted by molar-refractivity contribution is -0.116. The number of halogens is 1. The van der Waals surface area contributed by atoms with Crippen molar-refractivity contribution in [2.45, 2.75) is 40.0 Å². The Morgan fingerprint density at radius 1 is 1.24 bits per heavy atom. The number of anilines is 2. The van der Waals surface area contributed by atoms with Crippen molar-refractivity contribution < 1.29 is 14.0 Å². The average Bonchev–Trinajstić information content (AvgIpc) is 3.12. The van der Waals surface area contributed by atoms with Crippen LogP contribution in [0.1, 0.15) is 48.7 Å². The molecule has 1 aliphatic heterocycles. The highest BCUT2D eigenvalue weighted by molar-refractivity contribution is 6.34. The standard InChI is InChI=1S/C22H27FN4O2/c1-4-5-9-24-10-8-20(28)27-21-13(2)19(25-14(21)3)12-17-16-11-15(23)6-7-18(16)26-22(17)29/h6-7,11-12,24-25H,4-5,8-10H2,1-3H3,(H,26,29)(H,27,28)/b17-12-. The number of carbonyl (C=O) groups is 2. The van der Waals surface area contributed by atoms with Gasteiger partial charge >= 0.3 is 0 Å². The van der Waals surface area contributed by atoms with Gasteiger partial charge in [-0.25, -0.2) is 4.39 Å². The fourth-order valence-corrected chi connectivity index (χ4v) is 3.38. The number of aromatic nitrogens is 1. The summed E-state index contributed by atoms with van der Waals surface area (Å²) in [6.45, 7) is 7.42. The number of benzene rings is 1. The van der Waals surface area contributed by atoms with Crippen LogP contribution < -0.4 is 16.0 Å². The minimum atomic E-state index is -0.397. The normalized spacial score (nSPS) is 14.2. The van der Waals surface area contributed by atoms with Gasteiger partial charge in [0.05, 0.1) is 11.3 Å². The predicted molar refractivity (Wildman–Crippen MR) is 114 cm³/mol. The third-order valence-corrected chi connectivity index (χ3v) is 5.03. The second-order valence-corrected chi connectivity index (χ2v) is 7.27. The Kier molecular flexibility index (Phi) is 6.49. The van der Waals surface area contributed by atoms with Gasteiger partial charge in [-0.2, -0.15) is 0 Å². The van der Waals surface area contributed by atoms with E-state index in [-0.39, 0.29) is 11.8 Å². The summed E-state index contributed by atoms with van der Waals surface area (Å²) in [5.74, 6) is -0.739. The number of unbranched alkanes of at least 4 members (excludes halogenated alkanes) is 1. The predicted octanol–water partition coefficient (Wildman–Crippen LogP) is 3.98. The van der Waals surface area contributed by atoms with Gasteiger partial charge in [-0.3, -0.25) is 9.59 Å². The highest BCUT2D eigenvalue weighted by Crippen LogP contribution is 2.35. The molecule has 4 N–H and O–H groups in total. The summed E-state index contributed by atoms with van der Waals surface area (Å²) in [6, 6.07) is 4.21. The lowest BCUT2D eigenvalue weighted by Gasteiger charge is -2.07. The number of hydrogen-bond donors (Lipinski definition) is 4. The topological polar surface area (TPSA) is 86.0 Å². The second kappa shape index (κ2) is 9.05. The van der Waals surface area contributed by atoms with E-state index in [9.17, 15) is 14.0 Å². The SMILES string of the molecule is CCCCNCCC(=O)Nc1c(C)[nH]c(/C=C2\C(=O)Nc3ccc(F)cc32)c1C. The lowest BCUT2D eigenvalue weighted by atomic mass is 10.0. The minimum absolute atomic E-state index is 0.0653. The molecule has 0 aliphatic carbocycles. The van der Waals surface area contributed by atoms with Crippen LogP contribution in [0.3, 0.4) is 0 Å². The van der Waals surface area contributed by atoms with E-state index in [0.717, 1.165) is 30.6 Å². The largest absolute Gasteiger partial charge is 0.357 e. The van der Waals surface area contributed by atoms with Crippen LogP contribution in [0, 0.1) is 19.7 Å². The number of rotatable bonds is 8. The molecule has 0 saturated carbocycles. The summed E-state index contributed by atoms with van der Waals surface area (Å²) in [7, 11) is 0. The number of H-pyrrole nitrogens is 1. The van der Waals surface area contributed by atoms with Crippen LogP contribution >= 0.6 is 0 Å². The molecule has 0 atom stereocenters. The Bertz CT molecular complexity index is 962. The number of aryl methyl sites for hydroxylation is 1. The highest BCUT2D eigenvalue weighted by atomic mass is 19.1. The minimum Gasteiger partial charge on any atom is -0.357 e. The molecule has 29 heavy (non-hydrogen) atoms. The zero-order valence-electron chi connectivity index (χ0n) is 17.0. The van der Waals surface area contributed by atoms with Gasteiger partial charge in [0.25, 0.3) is 5.91 Å². The van der Waals surface area contributed by atoms with E-state index < -0.39 is 5.82 Å². The van der Waals surface area contributed by atoms with E-state index in [0.29, 0.717) is 41.2 Å². The fourth-order valence-electron chi connectivity index (χ4n) is 3.38. The number of amides is 2. The van der Waals surface area contributed by atoms with E-state index in [4.69, 9.17) is 0 Å². The number of nitrogens with one attached hydrogen (secondary N) is 4. The Labute approximate surface area is 170 Å². The van der Waals surface area contributed by atoms with Gasteiger partial charge in [0.1, 0.15) is 5.82 Å². The second-order valence-electron chi connectivity index (χ2n) is 7.27. The Hall–Kier alpha value is -2.93. The summed E-state index contributed by atoms with van der Waals surface area (Å²) in [6.07, 6.45) is 4.30. The Morgan fingerprint density at radius 2 is 2.03 bits per heavy atom. The molecule has 2 heterocycles. The molecule has 3 rings (SSSR count). The molecule has 2 amide bonds. The molecular formula is C22H27FN4O2. The van der Waals surface area contributed by atoms with Gasteiger partial charge in [0.2, 0.25) is 5.91 Å². The molecule has 1 aromatic heterocycles. The number of carbonyl (C=O) groups excluding carboxylic acids is 2. The first kappa shape index (κ1) is 20.8. The molecule has 1 aliphatic rings. The molecular weight excluding hydrogens is 371 g/mol. The maximum Gasteiger partial charge on any atom is 0.256 e. The lowest BCUT2D eigenvalue weighted by Crippen LogP contribution is -2.22. The van der Waals surface area contributed by atoms with Gasteiger partial charge < -0.3 is 20.9 Å². The van der Waals surface area contributed by atoms with Gasteiger partial charge in [-0.1, -0.05) is 13.3 Å². The van der Waals surface area contributed by atoms with Crippen molar-refractivity contribution in [3.05, 3.63) is 46.5 Å². The van der Waals surface area contributed by atoms with Crippen LogP contribution in [0.2, 0.25) is 0 Å². The zero-order valence-corrected chi connectivity index (χ0v) is 17.0. The van der Waals surface area contributed by atoms with Crippen LogP contribution in [0.4, 0.5) is 15.8 Å². The molecule has 0 unspecified atom stereocenters. The third kappa shape index (κ3) is 4.74. The van der Waals surface area contributed by atoms with Gasteiger partial charge in [-0.05, 0) is 56.7 Å². The number of hydrogen-bond acceptors (Lipinski definition) is 3. The number of fused-ring (bicyclic) bond motifs is 1. The van der Waals surface area contributed by atoms with Crippen molar-refractivity contribution in [3.8, 4) is 0 Å². The third-order valence-electron chi connectivity index (χ3n) is 5.03. The van der Waals surface area contributed by atoms with E-state index >= 15 is 0 Å². The maximum absolute atomic E-state index is 13.6. The maximum atomic E-state index is 13.6. The van der Waals surface area contributed by atoms with Gasteiger partial charge in [-0.15, -0.1) is 0 Å². The zero-order chi connectivity index (χ0) is 21.0. The molecule has 154 valence electrons. The first-order valence-corrected chi connectivity index (χ1v) is 9.93. The molecule has 1 aromatic carbocycles. The smallest absolute Gasteiger partial charge is 0.256 e. The molecule has 7 heteroatoms. The van der Waals surface area contributed by atoms with Crippen LogP contribution in [-0.2, 0) is 9.59 Å². The number of aromatic amines is 1. The summed E-state index contributed by atoms with van der Waals surface area (Å²) in [4.78, 5) is 27.8. The molecule has 0 spiro atoms. The summed E-state index contributed by atoms with van der Waals surface area (Å²) in [5.41, 5.74) is 4.58. The molecule has 0 fully saturated rings. The summed E-state index contributed by atoms with van der Waals surface area (Å²) in [5, 5.41) is 8.95. The summed E-state index contributed by atoms with van der Waals surface area (Å²) >= 11 is 0. The molecule has 0 saturated heterocycles. The van der Waals surface area contributed by atoms with Crippen LogP contribution in [0.15, 0.2) is 18.2 Å². The molecule has 0 bridgehead atoms. The van der Waals surface area contributed by atoms with Crippen molar-refractivity contribution >= 4 is 34.8 Å². The van der Waals surface area contributed by atoms with Crippen LogP contribution in [0.5, 0.6) is 0 Å². The van der Waals surface area contributed by atoms with Gasteiger partial charge in [0, 0.05) is 35.6 Å². The van der Waals surface area contributed by atoms with Crippen molar-refractivity contribution in [1.29, 1.82) is 0 Å². The molecule has 0 radical (unpaired) electrons. The fraction of sp³-hybridized carbons (Fsp3) is 0.364. The van der Waals surface area contributed by atoms with Crippen LogP contribution in [0.25, 0.3) is 11.6 Å². The van der Waals surface area contributed by atoms with E-state index in [1.807, 2.05) is 13.8 Å². The quantitative estimate of drug-likeness (QED) is 0.401. The monoisotopic (exact) mass is 398 g/mol. The average molecular weight is 398 g/mol. The van der Waals surface area contributed by atoms with Crippen molar-refractivity contribution in [2.24, 2.45) is 0 Å². The van der Waals surface area contributed by atoms with Crippen LogP contribution in [-0.4, -0.2) is 29.9 Å². The van der Waals surface area contributed by atoms with E-state index in [2.05, 4.69) is 27.9 Å². The Balaban J connectivity index is 1.75. The first-order valence-electron chi connectivity index (χ1n) is 9.93. The molecule has 6 nitrogen and oxygen atoms in total. The van der Waals surface area contributed by atoms with Crippen molar-refractivity contribution in [1.82, 2.24) is 10.3 Å². The van der Waals surface area contributed by atoms with Crippen molar-refractivity contribution in [3.63, 3.8) is 0 Å². The van der Waals surface area contributed by atoms with Gasteiger partial charge in [0.15, 0.2) is 0 Å². The first-order chi connectivity index (χ1) is 13.9. The van der Waals surface area contributed by atoms with Crippen molar-refractivity contribution in [2.75, 3.05) is 23.7 Å². The van der Waals surface area contributed by atoms with E-state index in [1.165, 1.54) is 12.1 Å². The highest BCUT2D eigenvalue weighted by Gasteiger charge is 2.25.